The second-order valence-corrected chi connectivity index (χ2v) is 10.4. The summed E-state index contributed by atoms with van der Waals surface area (Å²) in [5.74, 6) is 2.08. The lowest BCUT2D eigenvalue weighted by atomic mass is 9.49. The van der Waals surface area contributed by atoms with Crippen molar-refractivity contribution in [1.29, 1.82) is 0 Å². The summed E-state index contributed by atoms with van der Waals surface area (Å²) < 4.78 is 10.7. The van der Waals surface area contributed by atoms with Crippen LogP contribution in [0, 0.1) is 23.2 Å². The molecule has 0 spiro atoms. The van der Waals surface area contributed by atoms with Gasteiger partial charge in [0.2, 0.25) is 5.91 Å². The Morgan fingerprint density at radius 1 is 1.06 bits per heavy atom. The van der Waals surface area contributed by atoms with E-state index < -0.39 is 5.97 Å². The maximum Gasteiger partial charge on any atom is 0.308 e. The first kappa shape index (κ1) is 23.9. The van der Waals surface area contributed by atoms with Gasteiger partial charge in [0.15, 0.2) is 6.61 Å². The van der Waals surface area contributed by atoms with E-state index in [1.165, 1.54) is 24.2 Å². The van der Waals surface area contributed by atoms with Gasteiger partial charge in [0.25, 0.3) is 5.91 Å². The van der Waals surface area contributed by atoms with Gasteiger partial charge in [-0.05, 0) is 80.5 Å². The molecule has 0 atom stereocenters. The van der Waals surface area contributed by atoms with E-state index >= 15 is 0 Å². The van der Waals surface area contributed by atoms with Crippen molar-refractivity contribution >= 4 is 29.4 Å². The van der Waals surface area contributed by atoms with E-state index in [2.05, 4.69) is 5.32 Å². The number of likely N-dealkylation sites (N-methyl/N-ethyl adjacent to an activating group) is 1. The number of halogens is 1. The molecule has 5 rings (SSSR count). The molecule has 1 aromatic carbocycles. The molecular formula is C25H33ClN2O5. The molecule has 1 aromatic rings. The number of nitrogens with one attached hydrogen (secondary N) is 1. The fourth-order valence-corrected chi connectivity index (χ4v) is 6.26. The topological polar surface area (TPSA) is 84.9 Å². The van der Waals surface area contributed by atoms with Crippen LogP contribution >= 0.6 is 11.6 Å². The van der Waals surface area contributed by atoms with Crippen LogP contribution in [0.3, 0.4) is 0 Å². The largest absolute Gasteiger partial charge is 0.492 e. The van der Waals surface area contributed by atoms with Crippen molar-refractivity contribution in [3.8, 4) is 5.75 Å². The van der Waals surface area contributed by atoms with Crippen LogP contribution in [0.1, 0.15) is 44.9 Å². The Balaban J connectivity index is 1.10. The second-order valence-electron chi connectivity index (χ2n) is 9.98. The van der Waals surface area contributed by atoms with Crippen molar-refractivity contribution in [2.45, 2.75) is 44.9 Å². The van der Waals surface area contributed by atoms with Gasteiger partial charge in [0.05, 0.1) is 13.0 Å². The monoisotopic (exact) mass is 476 g/mol. The van der Waals surface area contributed by atoms with E-state index in [9.17, 15) is 14.4 Å². The van der Waals surface area contributed by atoms with Gasteiger partial charge >= 0.3 is 5.97 Å². The third-order valence-electron chi connectivity index (χ3n) is 7.43. The van der Waals surface area contributed by atoms with Crippen LogP contribution in [0.2, 0.25) is 5.02 Å². The van der Waals surface area contributed by atoms with E-state index in [4.69, 9.17) is 21.1 Å². The Labute approximate surface area is 200 Å². The zero-order valence-corrected chi connectivity index (χ0v) is 19.9. The van der Waals surface area contributed by atoms with Gasteiger partial charge in [-0.2, -0.15) is 0 Å². The van der Waals surface area contributed by atoms with Gasteiger partial charge in [-0.1, -0.05) is 11.6 Å². The van der Waals surface area contributed by atoms with Crippen LogP contribution < -0.4 is 10.1 Å². The predicted octanol–water partition coefficient (Wildman–Crippen LogP) is 3.44. The number of benzene rings is 1. The minimum absolute atomic E-state index is 0.0643. The van der Waals surface area contributed by atoms with Crippen LogP contribution in [0.4, 0.5) is 0 Å². The highest BCUT2D eigenvalue weighted by atomic mass is 35.5. The minimum Gasteiger partial charge on any atom is -0.492 e. The molecule has 0 heterocycles. The number of hydrogen-bond donors (Lipinski definition) is 1. The number of hydrogen-bond acceptors (Lipinski definition) is 5. The lowest BCUT2D eigenvalue weighted by Crippen LogP contribution is -2.53. The zero-order valence-electron chi connectivity index (χ0n) is 19.2. The van der Waals surface area contributed by atoms with Crippen molar-refractivity contribution in [1.82, 2.24) is 10.2 Å². The summed E-state index contributed by atoms with van der Waals surface area (Å²) in [6, 6.07) is 6.98. The molecule has 4 bridgehead atoms. The summed E-state index contributed by atoms with van der Waals surface area (Å²) in [7, 11) is 1.63. The van der Waals surface area contributed by atoms with Crippen LogP contribution in [-0.2, 0) is 19.1 Å². The Morgan fingerprint density at radius 2 is 1.67 bits per heavy atom. The lowest BCUT2D eigenvalue weighted by Gasteiger charge is -2.55. The normalized spacial score (nSPS) is 27.2. The standard InChI is InChI=1S/C25H33ClN2O5/c1-28(8-9-32-21-4-2-20(26)3-5-21)22(29)16-33-23(30)6-7-27-24(31)25-13-17-10-18(14-25)12-19(11-17)15-25/h2-5,17-19H,6-16H2,1H3,(H,27,31). The van der Waals surface area contributed by atoms with E-state index in [1.807, 2.05) is 0 Å². The van der Waals surface area contributed by atoms with Gasteiger partial charge in [-0.3, -0.25) is 14.4 Å². The van der Waals surface area contributed by atoms with Gasteiger partial charge in [0, 0.05) is 24.0 Å². The smallest absolute Gasteiger partial charge is 0.308 e. The first-order chi connectivity index (χ1) is 15.8. The van der Waals surface area contributed by atoms with Crippen molar-refractivity contribution in [3.05, 3.63) is 29.3 Å². The third kappa shape index (κ3) is 5.99. The molecule has 8 heteroatoms. The first-order valence-electron chi connectivity index (χ1n) is 11.9. The number of carbonyl (C=O) groups excluding carboxylic acids is 3. The number of amides is 2. The van der Waals surface area contributed by atoms with Crippen molar-refractivity contribution in [2.24, 2.45) is 23.2 Å². The summed E-state index contributed by atoms with van der Waals surface area (Å²) in [6.07, 6.45) is 6.92. The number of carbonyl (C=O) groups is 3. The van der Waals surface area contributed by atoms with Crippen LogP contribution in [0.25, 0.3) is 0 Å². The Bertz CT molecular complexity index is 837. The lowest BCUT2D eigenvalue weighted by molar-refractivity contribution is -0.152. The molecule has 0 aliphatic heterocycles. The van der Waals surface area contributed by atoms with Crippen molar-refractivity contribution in [2.75, 3.05) is 33.4 Å². The molecule has 33 heavy (non-hydrogen) atoms. The first-order valence-corrected chi connectivity index (χ1v) is 12.3. The van der Waals surface area contributed by atoms with Crippen LogP contribution in [0.5, 0.6) is 5.75 Å². The molecule has 1 N–H and O–H groups in total. The van der Waals surface area contributed by atoms with Crippen molar-refractivity contribution in [3.63, 3.8) is 0 Å². The van der Waals surface area contributed by atoms with Crippen molar-refractivity contribution < 1.29 is 23.9 Å². The fourth-order valence-electron chi connectivity index (χ4n) is 6.13. The van der Waals surface area contributed by atoms with E-state index in [0.717, 1.165) is 19.3 Å². The van der Waals surface area contributed by atoms with Gasteiger partial charge in [-0.15, -0.1) is 0 Å². The number of ether oxygens (including phenoxy) is 2. The number of rotatable bonds is 10. The average Bonchev–Trinajstić information content (AvgIpc) is 2.77. The highest BCUT2D eigenvalue weighted by Gasteiger charge is 2.54. The zero-order chi connectivity index (χ0) is 23.4. The highest BCUT2D eigenvalue weighted by molar-refractivity contribution is 6.30. The Kier molecular flexibility index (Phi) is 7.47. The molecule has 4 aliphatic carbocycles. The van der Waals surface area contributed by atoms with Gasteiger partial charge in [-0.25, -0.2) is 0 Å². The molecular weight excluding hydrogens is 444 g/mol. The maximum absolute atomic E-state index is 12.9. The highest BCUT2D eigenvalue weighted by Crippen LogP contribution is 2.60. The molecule has 4 saturated carbocycles. The van der Waals surface area contributed by atoms with Gasteiger partial charge < -0.3 is 19.7 Å². The molecule has 2 amide bonds. The molecule has 0 saturated heterocycles. The van der Waals surface area contributed by atoms with E-state index in [1.54, 1.807) is 31.3 Å². The van der Waals surface area contributed by atoms with E-state index in [0.29, 0.717) is 41.7 Å². The van der Waals surface area contributed by atoms with Crippen LogP contribution in [0.15, 0.2) is 24.3 Å². The summed E-state index contributed by atoms with van der Waals surface area (Å²) in [6.45, 7) is 0.603. The third-order valence-corrected chi connectivity index (χ3v) is 7.68. The Hall–Kier alpha value is -2.28. The maximum atomic E-state index is 12.9. The molecule has 7 nitrogen and oxygen atoms in total. The molecule has 4 fully saturated rings. The molecule has 0 aromatic heterocycles. The quantitative estimate of drug-likeness (QED) is 0.523. The molecule has 0 radical (unpaired) electrons. The molecule has 4 aliphatic rings. The minimum atomic E-state index is -0.486. The van der Waals surface area contributed by atoms with Crippen LogP contribution in [-0.4, -0.2) is 56.0 Å². The second kappa shape index (κ2) is 10.3. The number of esters is 1. The molecule has 180 valence electrons. The van der Waals surface area contributed by atoms with E-state index in [-0.39, 0.29) is 36.8 Å². The summed E-state index contributed by atoms with van der Waals surface area (Å²) >= 11 is 5.84. The summed E-state index contributed by atoms with van der Waals surface area (Å²) in [5, 5.41) is 3.60. The predicted molar refractivity (Wildman–Crippen MR) is 124 cm³/mol. The Morgan fingerprint density at radius 3 is 2.27 bits per heavy atom. The summed E-state index contributed by atoms with van der Waals surface area (Å²) in [4.78, 5) is 38.6. The summed E-state index contributed by atoms with van der Waals surface area (Å²) in [5.41, 5.74) is -0.217. The number of nitrogens with zero attached hydrogens (tertiary/aromatic N) is 1. The molecule has 0 unspecified atom stereocenters. The SMILES string of the molecule is CN(CCOc1ccc(Cl)cc1)C(=O)COC(=O)CCNC(=O)C12CC3CC(CC(C3)C1)C2. The average molecular weight is 477 g/mol. The fraction of sp³-hybridized carbons (Fsp3) is 0.640. The van der Waals surface area contributed by atoms with Gasteiger partial charge in [0.1, 0.15) is 12.4 Å².